The van der Waals surface area contributed by atoms with E-state index < -0.39 is 29.7 Å². The summed E-state index contributed by atoms with van der Waals surface area (Å²) in [6.45, 7) is 0.811. The lowest BCUT2D eigenvalue weighted by atomic mass is 10.0. The van der Waals surface area contributed by atoms with E-state index in [1.807, 2.05) is 61.5 Å². The van der Waals surface area contributed by atoms with E-state index in [0.717, 1.165) is 22.4 Å². The highest BCUT2D eigenvalue weighted by molar-refractivity contribution is 6.00. The van der Waals surface area contributed by atoms with Gasteiger partial charge in [0, 0.05) is 46.2 Å². The molecular formula is C37H45FN6O6. The lowest BCUT2D eigenvalue weighted by molar-refractivity contribution is -0.140. The van der Waals surface area contributed by atoms with Crippen LogP contribution in [0.1, 0.15) is 35.2 Å². The minimum absolute atomic E-state index is 0.0178. The molecule has 0 aliphatic carbocycles. The molecule has 3 aromatic rings. The molecule has 3 unspecified atom stereocenters. The van der Waals surface area contributed by atoms with Gasteiger partial charge in [-0.25, -0.2) is 4.39 Å². The van der Waals surface area contributed by atoms with Crippen molar-refractivity contribution in [3.8, 4) is 5.75 Å². The number of benzene rings is 3. The molecule has 2 heterocycles. The Morgan fingerprint density at radius 1 is 1.00 bits per heavy atom. The van der Waals surface area contributed by atoms with Crippen LogP contribution in [-0.2, 0) is 25.6 Å². The minimum atomic E-state index is -1.04. The predicted octanol–water partition coefficient (Wildman–Crippen LogP) is 2.06. The number of halogens is 1. The van der Waals surface area contributed by atoms with Crippen LogP contribution in [0.3, 0.4) is 0 Å². The topological polar surface area (TPSA) is 132 Å². The predicted molar refractivity (Wildman–Crippen MR) is 186 cm³/mol. The molecule has 13 heteroatoms. The first kappa shape index (κ1) is 36.2. The zero-order valence-electron chi connectivity index (χ0n) is 29.0. The fraction of sp³-hybridized carbons (Fsp3) is 0.432. The van der Waals surface area contributed by atoms with Crippen molar-refractivity contribution in [3.05, 3.63) is 77.6 Å². The number of hydrogen-bond acceptors (Lipinski definition) is 7. The summed E-state index contributed by atoms with van der Waals surface area (Å²) in [5, 5.41) is 7.92. The van der Waals surface area contributed by atoms with Gasteiger partial charge < -0.3 is 35.0 Å². The van der Waals surface area contributed by atoms with Gasteiger partial charge in [-0.05, 0) is 61.5 Å². The van der Waals surface area contributed by atoms with Crippen molar-refractivity contribution in [2.45, 2.75) is 43.8 Å². The SMILES string of the molecule is CN(C)CCNC(=O)C1CCC(=O)N(C)CC(=O)N2CC(NC(=O)Cc3cccc4ccccc34)CC2COc2ccc(F)cc2C(=O)N1C. The normalized spacial score (nSPS) is 20.6. The molecule has 3 aromatic carbocycles. The van der Waals surface area contributed by atoms with Crippen molar-refractivity contribution in [1.82, 2.24) is 30.2 Å². The first-order valence-corrected chi connectivity index (χ1v) is 16.8. The Morgan fingerprint density at radius 2 is 1.76 bits per heavy atom. The molecule has 0 spiro atoms. The van der Waals surface area contributed by atoms with Gasteiger partial charge in [0.25, 0.3) is 5.91 Å². The van der Waals surface area contributed by atoms with Gasteiger partial charge in [-0.1, -0.05) is 42.5 Å². The van der Waals surface area contributed by atoms with E-state index in [2.05, 4.69) is 10.6 Å². The molecule has 1 saturated heterocycles. The van der Waals surface area contributed by atoms with Crippen LogP contribution in [-0.4, -0.2) is 128 Å². The minimum Gasteiger partial charge on any atom is -0.491 e. The summed E-state index contributed by atoms with van der Waals surface area (Å²) in [7, 11) is 6.68. The Morgan fingerprint density at radius 3 is 2.54 bits per heavy atom. The number of hydrogen-bond donors (Lipinski definition) is 2. The van der Waals surface area contributed by atoms with Crippen molar-refractivity contribution in [2.24, 2.45) is 0 Å². The van der Waals surface area contributed by atoms with E-state index in [4.69, 9.17) is 4.74 Å². The molecule has 0 aromatic heterocycles. The number of carbonyl (C=O) groups excluding carboxylic acids is 5. The van der Waals surface area contributed by atoms with E-state index in [1.54, 1.807) is 4.90 Å². The molecule has 0 saturated carbocycles. The number of nitrogens with zero attached hydrogens (tertiary/aromatic N) is 4. The zero-order valence-corrected chi connectivity index (χ0v) is 29.0. The smallest absolute Gasteiger partial charge is 0.258 e. The van der Waals surface area contributed by atoms with Gasteiger partial charge in [0.1, 0.15) is 24.2 Å². The quantitative estimate of drug-likeness (QED) is 0.389. The first-order valence-electron chi connectivity index (χ1n) is 16.8. The highest BCUT2D eigenvalue weighted by Gasteiger charge is 2.38. The van der Waals surface area contributed by atoms with Gasteiger partial charge in [-0.15, -0.1) is 0 Å². The summed E-state index contributed by atoms with van der Waals surface area (Å²) < 4.78 is 20.7. The number of rotatable bonds is 7. The van der Waals surface area contributed by atoms with E-state index in [1.165, 1.54) is 36.0 Å². The third kappa shape index (κ3) is 8.75. The molecule has 0 bridgehead atoms. The van der Waals surface area contributed by atoms with Crippen LogP contribution in [0.15, 0.2) is 60.7 Å². The third-order valence-corrected chi connectivity index (χ3v) is 9.31. The molecule has 2 N–H and O–H groups in total. The summed E-state index contributed by atoms with van der Waals surface area (Å²) in [5.41, 5.74) is 0.799. The highest BCUT2D eigenvalue weighted by atomic mass is 19.1. The molecule has 0 radical (unpaired) electrons. The standard InChI is InChI=1S/C37H45FN6O6/c1-41(2)17-16-39-36(48)31-13-15-34(46)42(3)22-35(47)44-21-27(40-33(45)18-25-10-7-9-24-8-5-6-11-29(24)25)20-28(44)23-50-32-14-12-26(38)19-30(32)37(49)43(31)4/h5-12,14,19,27-28,31H,13,15-18,20-23H2,1-4H3,(H,39,48)(H,40,45). The maximum Gasteiger partial charge on any atom is 0.258 e. The van der Waals surface area contributed by atoms with Crippen molar-refractivity contribution < 1.29 is 33.1 Å². The summed E-state index contributed by atoms with van der Waals surface area (Å²) in [6, 6.07) is 15.3. The Kier molecular flexibility index (Phi) is 11.7. The van der Waals surface area contributed by atoms with Gasteiger partial charge in [-0.2, -0.15) is 0 Å². The second-order valence-electron chi connectivity index (χ2n) is 13.3. The molecule has 50 heavy (non-hydrogen) atoms. The molecule has 5 amide bonds. The maximum atomic E-state index is 14.5. The number of likely N-dealkylation sites (N-methyl/N-ethyl adjacent to an activating group) is 3. The average molecular weight is 689 g/mol. The van der Waals surface area contributed by atoms with Crippen LogP contribution in [0.4, 0.5) is 4.39 Å². The van der Waals surface area contributed by atoms with Gasteiger partial charge in [0.2, 0.25) is 23.6 Å². The van der Waals surface area contributed by atoms with Crippen LogP contribution in [0, 0.1) is 5.82 Å². The van der Waals surface area contributed by atoms with Gasteiger partial charge in [0.15, 0.2) is 0 Å². The second-order valence-corrected chi connectivity index (χ2v) is 13.3. The number of nitrogens with one attached hydrogen (secondary N) is 2. The number of amides is 5. The second kappa shape index (κ2) is 16.1. The Bertz CT molecular complexity index is 1750. The van der Waals surface area contributed by atoms with Gasteiger partial charge in [-0.3, -0.25) is 24.0 Å². The Balaban J connectivity index is 1.36. The molecule has 266 valence electrons. The largest absolute Gasteiger partial charge is 0.491 e. The van der Waals surface area contributed by atoms with Crippen molar-refractivity contribution >= 4 is 40.3 Å². The van der Waals surface area contributed by atoms with E-state index in [0.29, 0.717) is 19.5 Å². The van der Waals surface area contributed by atoms with Crippen molar-refractivity contribution in [1.29, 1.82) is 0 Å². The summed E-state index contributed by atoms with van der Waals surface area (Å²) in [5.74, 6) is -2.58. The summed E-state index contributed by atoms with van der Waals surface area (Å²) in [4.78, 5) is 73.3. The Labute approximate surface area is 291 Å². The third-order valence-electron chi connectivity index (χ3n) is 9.31. The summed E-state index contributed by atoms with van der Waals surface area (Å²) >= 11 is 0. The molecule has 5 rings (SSSR count). The zero-order chi connectivity index (χ0) is 35.9. The monoisotopic (exact) mass is 688 g/mol. The number of ether oxygens (including phenoxy) is 1. The highest BCUT2D eigenvalue weighted by Crippen LogP contribution is 2.27. The lowest BCUT2D eigenvalue weighted by Gasteiger charge is -2.28. The summed E-state index contributed by atoms with van der Waals surface area (Å²) in [6.07, 6.45) is 0.393. The lowest BCUT2D eigenvalue weighted by Crippen LogP contribution is -2.49. The average Bonchev–Trinajstić information content (AvgIpc) is 3.49. The van der Waals surface area contributed by atoms with E-state index >= 15 is 0 Å². The van der Waals surface area contributed by atoms with Crippen LogP contribution in [0.2, 0.25) is 0 Å². The molecule has 12 nitrogen and oxygen atoms in total. The maximum absolute atomic E-state index is 14.5. The van der Waals surface area contributed by atoms with Gasteiger partial charge >= 0.3 is 0 Å². The first-order chi connectivity index (χ1) is 23.9. The van der Waals surface area contributed by atoms with E-state index in [-0.39, 0.29) is 74.0 Å². The molecule has 2 aliphatic rings. The molecule has 1 fully saturated rings. The van der Waals surface area contributed by atoms with Gasteiger partial charge in [0.05, 0.1) is 24.6 Å². The number of carbonyl (C=O) groups is 5. The van der Waals surface area contributed by atoms with Crippen LogP contribution in [0.25, 0.3) is 10.8 Å². The molecule has 3 atom stereocenters. The molecule has 2 aliphatic heterocycles. The van der Waals surface area contributed by atoms with Crippen LogP contribution >= 0.6 is 0 Å². The molecular weight excluding hydrogens is 643 g/mol. The fourth-order valence-electron chi connectivity index (χ4n) is 6.55. The number of fused-ring (bicyclic) bond motifs is 3. The van der Waals surface area contributed by atoms with Crippen LogP contribution in [0.5, 0.6) is 5.75 Å². The van der Waals surface area contributed by atoms with Crippen LogP contribution < -0.4 is 15.4 Å². The van der Waals surface area contributed by atoms with Crippen molar-refractivity contribution in [2.75, 3.05) is 61.0 Å². The fourth-order valence-corrected chi connectivity index (χ4v) is 6.55. The van der Waals surface area contributed by atoms with E-state index in [9.17, 15) is 28.4 Å². The Hall–Kier alpha value is -5.04. The van der Waals surface area contributed by atoms with Crippen molar-refractivity contribution in [3.63, 3.8) is 0 Å².